The molecule has 3 aliphatic carbocycles. The predicted molar refractivity (Wildman–Crippen MR) is 177 cm³/mol. The summed E-state index contributed by atoms with van der Waals surface area (Å²) in [5, 5.41) is 0. The molecule has 4 nitrogen and oxygen atoms in total. The maximum absolute atomic E-state index is 16.2. The fraction of sp³-hybridized carbons (Fsp3) is 0.436. The Labute approximate surface area is 263 Å². The molecule has 2 saturated heterocycles. The molecule has 4 fully saturated rings. The maximum Gasteiger partial charge on any atom is 0.299 e. The van der Waals surface area contributed by atoms with E-state index in [-0.39, 0.29) is 11.1 Å². The van der Waals surface area contributed by atoms with Crippen molar-refractivity contribution in [2.24, 2.45) is 21.3 Å². The lowest BCUT2D eigenvalue weighted by molar-refractivity contribution is 0.0480. The van der Waals surface area contributed by atoms with E-state index in [0.29, 0.717) is 34.7 Å². The molecule has 6 heteroatoms. The van der Waals surface area contributed by atoms with Gasteiger partial charge in [-0.25, -0.2) is 0 Å². The number of nitrogens with zero attached hydrogens (tertiary/aromatic N) is 4. The summed E-state index contributed by atoms with van der Waals surface area (Å²) in [6.07, 6.45) is 11.2. The molecule has 4 atom stereocenters. The summed E-state index contributed by atoms with van der Waals surface area (Å²) in [6.45, 7) is 1.15. The van der Waals surface area contributed by atoms with Gasteiger partial charge in [0.25, 0.3) is 5.92 Å². The number of halogens is 2. The molecule has 228 valence electrons. The van der Waals surface area contributed by atoms with Crippen LogP contribution in [0.4, 0.5) is 14.5 Å². The number of aliphatic imine (C=N–C) groups is 2. The van der Waals surface area contributed by atoms with E-state index in [1.54, 1.807) is 12.1 Å². The van der Waals surface area contributed by atoms with E-state index >= 15 is 8.78 Å². The van der Waals surface area contributed by atoms with Crippen LogP contribution < -0.4 is 0 Å². The van der Waals surface area contributed by atoms with Crippen LogP contribution in [0, 0.1) is 11.3 Å². The average Bonchev–Trinajstić information content (AvgIpc) is 3.65. The fourth-order valence-electron chi connectivity index (χ4n) is 9.90. The Morgan fingerprint density at radius 3 is 2.29 bits per heavy atom. The first-order chi connectivity index (χ1) is 21.8. The van der Waals surface area contributed by atoms with Crippen LogP contribution in [0.1, 0.15) is 67.2 Å². The quantitative estimate of drug-likeness (QED) is 0.302. The summed E-state index contributed by atoms with van der Waals surface area (Å²) < 4.78 is 32.5. The second kappa shape index (κ2) is 9.07. The minimum atomic E-state index is -3.05. The molecular formula is C39H38F2N4. The molecule has 1 spiro atoms. The van der Waals surface area contributed by atoms with Crippen molar-refractivity contribution in [3.8, 4) is 22.3 Å². The highest BCUT2D eigenvalue weighted by Gasteiger charge is 2.52. The van der Waals surface area contributed by atoms with Crippen molar-refractivity contribution in [1.29, 1.82) is 0 Å². The van der Waals surface area contributed by atoms with Crippen LogP contribution in [0.5, 0.6) is 0 Å². The number of rotatable bonds is 4. The largest absolute Gasteiger partial charge is 0.299 e. The number of likely N-dealkylation sites (tertiary alicyclic amines) is 2. The van der Waals surface area contributed by atoms with Gasteiger partial charge in [0.1, 0.15) is 0 Å². The normalized spacial score (nSPS) is 30.0. The topological polar surface area (TPSA) is 31.2 Å². The Morgan fingerprint density at radius 1 is 0.822 bits per heavy atom. The Kier molecular flexibility index (Phi) is 5.38. The summed E-state index contributed by atoms with van der Waals surface area (Å²) in [7, 11) is 4.45. The van der Waals surface area contributed by atoms with Crippen molar-refractivity contribution < 1.29 is 8.78 Å². The third-order valence-electron chi connectivity index (χ3n) is 12.5. The highest BCUT2D eigenvalue weighted by Crippen LogP contribution is 2.56. The van der Waals surface area contributed by atoms with E-state index < -0.39 is 5.92 Å². The number of benzene rings is 3. The summed E-state index contributed by atoms with van der Waals surface area (Å²) in [6, 6.07) is 19.1. The molecule has 0 radical (unpaired) electrons. The van der Waals surface area contributed by atoms with Crippen LogP contribution in [-0.2, 0) is 12.3 Å². The van der Waals surface area contributed by atoms with Gasteiger partial charge in [-0.05, 0) is 127 Å². The van der Waals surface area contributed by atoms with Crippen molar-refractivity contribution >= 4 is 22.7 Å². The van der Waals surface area contributed by atoms with Gasteiger partial charge >= 0.3 is 0 Å². The van der Waals surface area contributed by atoms with Crippen LogP contribution in [0.2, 0.25) is 0 Å². The smallest absolute Gasteiger partial charge is 0.298 e. The number of piperidine rings is 1. The number of fused-ring (bicyclic) bond motifs is 6. The van der Waals surface area contributed by atoms with E-state index in [1.807, 2.05) is 36.5 Å². The highest BCUT2D eigenvalue weighted by atomic mass is 19.3. The molecule has 3 aromatic carbocycles. The Morgan fingerprint density at radius 2 is 1.56 bits per heavy atom. The van der Waals surface area contributed by atoms with Crippen molar-refractivity contribution in [3.05, 3.63) is 83.1 Å². The number of hydrogen-bond acceptors (Lipinski definition) is 4. The first kappa shape index (κ1) is 26.7. The first-order valence-electron chi connectivity index (χ1n) is 16.8. The molecule has 0 amide bonds. The molecule has 10 rings (SSSR count). The van der Waals surface area contributed by atoms with E-state index in [1.165, 1.54) is 55.5 Å². The molecule has 4 heterocycles. The summed E-state index contributed by atoms with van der Waals surface area (Å²) >= 11 is 0. The summed E-state index contributed by atoms with van der Waals surface area (Å²) in [4.78, 5) is 14.9. The van der Waals surface area contributed by atoms with Gasteiger partial charge < -0.3 is 0 Å². The zero-order valence-electron chi connectivity index (χ0n) is 26.0. The molecule has 4 aliphatic heterocycles. The molecule has 0 N–H and O–H groups in total. The monoisotopic (exact) mass is 600 g/mol. The summed E-state index contributed by atoms with van der Waals surface area (Å²) in [5.41, 5.74) is 10.4. The summed E-state index contributed by atoms with van der Waals surface area (Å²) in [5.74, 6) is -2.33. The Hall–Kier alpha value is -3.48. The minimum absolute atomic E-state index is 0.104. The minimum Gasteiger partial charge on any atom is -0.298 e. The molecule has 7 aliphatic rings. The lowest BCUT2D eigenvalue weighted by Gasteiger charge is -2.32. The standard InChI is InChI=1S/C39H38F2N4/c1-44-21-38(11-12-38)19-36(44)34-18-27(20-42-34)24-5-9-30-29-8-4-23(15-31(29)39(40,41)32(30)16-24)22-6-10-33-26(13-22)17-35(43-33)37-25-3-7-28(14-25)45(37)2/h4-6,8-10,13,15-16,20,25,28,36-37H,3,7,11-12,14,17-19,21H2,1-2H3/t25-,28+,36?,37-/m0/s1. The van der Waals surface area contributed by atoms with Gasteiger partial charge in [0.2, 0.25) is 0 Å². The zero-order chi connectivity index (χ0) is 30.2. The molecule has 3 aromatic rings. The van der Waals surface area contributed by atoms with Gasteiger partial charge in [-0.2, -0.15) is 8.78 Å². The number of hydrogen-bond donors (Lipinski definition) is 0. The lowest BCUT2D eigenvalue weighted by Crippen LogP contribution is -2.43. The van der Waals surface area contributed by atoms with E-state index in [9.17, 15) is 0 Å². The van der Waals surface area contributed by atoms with Crippen molar-refractivity contribution in [1.82, 2.24) is 9.80 Å². The third-order valence-corrected chi connectivity index (χ3v) is 12.5. The van der Waals surface area contributed by atoms with Gasteiger partial charge in [0.05, 0.1) is 11.7 Å². The molecular weight excluding hydrogens is 562 g/mol. The molecule has 45 heavy (non-hydrogen) atoms. The van der Waals surface area contributed by atoms with E-state index in [4.69, 9.17) is 9.98 Å². The van der Waals surface area contributed by atoms with Crippen molar-refractivity contribution in [2.45, 2.75) is 75.4 Å². The number of allylic oxidation sites excluding steroid dienone is 1. The molecule has 2 saturated carbocycles. The second-order valence-electron chi connectivity index (χ2n) is 15.1. The number of alkyl halides is 2. The average molecular weight is 601 g/mol. The SMILES string of the molecule is CN1CC2(CC2)CC1C1=NC=C(c2ccc3c(c2)C(F)(F)c2cc(-c4ccc5c(c4)CC([C@@H]4[C@H]6CC[C@H](C6)N4C)=N5)ccc2-3)C1. The predicted octanol–water partition coefficient (Wildman–Crippen LogP) is 8.26. The van der Waals surface area contributed by atoms with Crippen LogP contribution in [0.3, 0.4) is 0 Å². The zero-order valence-corrected chi connectivity index (χ0v) is 26.0. The van der Waals surface area contributed by atoms with Crippen molar-refractivity contribution in [2.75, 3.05) is 20.6 Å². The van der Waals surface area contributed by atoms with Crippen LogP contribution >= 0.6 is 0 Å². The van der Waals surface area contributed by atoms with Gasteiger partial charge in [-0.3, -0.25) is 19.8 Å². The lowest BCUT2D eigenvalue weighted by atomic mass is 9.91. The maximum atomic E-state index is 16.2. The Balaban J connectivity index is 0.898. The van der Waals surface area contributed by atoms with Gasteiger partial charge in [-0.15, -0.1) is 0 Å². The molecule has 1 unspecified atom stereocenters. The van der Waals surface area contributed by atoms with E-state index in [2.05, 4.69) is 36.0 Å². The highest BCUT2D eigenvalue weighted by molar-refractivity contribution is 6.02. The van der Waals surface area contributed by atoms with Gasteiger partial charge in [0.15, 0.2) is 0 Å². The third kappa shape index (κ3) is 3.88. The van der Waals surface area contributed by atoms with Crippen LogP contribution in [0.15, 0.2) is 70.8 Å². The molecule has 0 aromatic heterocycles. The van der Waals surface area contributed by atoms with E-state index in [0.717, 1.165) is 53.3 Å². The first-order valence-corrected chi connectivity index (χ1v) is 16.8. The molecule has 2 bridgehead atoms. The van der Waals surface area contributed by atoms with Gasteiger partial charge in [0, 0.05) is 60.2 Å². The van der Waals surface area contributed by atoms with Crippen LogP contribution in [-0.4, -0.2) is 60.0 Å². The van der Waals surface area contributed by atoms with Crippen LogP contribution in [0.25, 0.3) is 27.8 Å². The van der Waals surface area contributed by atoms with Gasteiger partial charge in [-0.1, -0.05) is 30.3 Å². The fourth-order valence-corrected chi connectivity index (χ4v) is 9.90. The second-order valence-corrected chi connectivity index (χ2v) is 15.1. The Bertz CT molecular complexity index is 1900. The van der Waals surface area contributed by atoms with Crippen molar-refractivity contribution in [3.63, 3.8) is 0 Å².